The maximum Gasteiger partial charge on any atom is 0.256 e. The van der Waals surface area contributed by atoms with Crippen molar-refractivity contribution in [3.63, 3.8) is 0 Å². The number of thiophene rings is 1. The van der Waals surface area contributed by atoms with Crippen molar-refractivity contribution in [3.05, 3.63) is 39.8 Å². The number of aromatic hydroxyl groups is 1. The Kier molecular flexibility index (Phi) is 3.41. The highest BCUT2D eigenvalue weighted by atomic mass is 32.1. The van der Waals surface area contributed by atoms with E-state index in [9.17, 15) is 9.90 Å². The van der Waals surface area contributed by atoms with Crippen LogP contribution >= 0.6 is 11.3 Å². The summed E-state index contributed by atoms with van der Waals surface area (Å²) in [5.41, 5.74) is 2.90. The molecular weight excluding hydrogens is 312 g/mol. The number of rotatable bonds is 2. The second-order valence-electron chi connectivity index (χ2n) is 5.90. The minimum absolute atomic E-state index is 0.0183. The van der Waals surface area contributed by atoms with E-state index in [1.165, 1.54) is 24.0 Å². The van der Waals surface area contributed by atoms with Gasteiger partial charge in [-0.2, -0.15) is 0 Å². The average Bonchev–Trinajstić information content (AvgIpc) is 2.94. The van der Waals surface area contributed by atoms with Gasteiger partial charge in [-0.1, -0.05) is 6.07 Å². The molecule has 0 saturated heterocycles. The van der Waals surface area contributed by atoms with E-state index in [0.29, 0.717) is 5.75 Å². The first kappa shape index (κ1) is 14.4. The van der Waals surface area contributed by atoms with Crippen molar-refractivity contribution in [2.24, 2.45) is 0 Å². The Balaban J connectivity index is 1.70. The molecule has 4 rings (SSSR count). The Morgan fingerprint density at radius 2 is 2.09 bits per heavy atom. The van der Waals surface area contributed by atoms with Gasteiger partial charge in [0.2, 0.25) is 0 Å². The predicted octanol–water partition coefficient (Wildman–Crippen LogP) is 3.20. The lowest BCUT2D eigenvalue weighted by Gasteiger charge is -2.27. The Bertz CT molecular complexity index is 784. The lowest BCUT2D eigenvalue weighted by atomic mass is 9.94. The van der Waals surface area contributed by atoms with Crippen molar-refractivity contribution < 1.29 is 14.6 Å². The highest BCUT2D eigenvalue weighted by Gasteiger charge is 2.32. The number of nitrogens with one attached hydrogen (secondary N) is 2. The first-order valence-electron chi connectivity index (χ1n) is 7.76. The molecule has 3 N–H and O–H groups in total. The van der Waals surface area contributed by atoms with Gasteiger partial charge in [-0.3, -0.25) is 4.79 Å². The lowest BCUT2D eigenvalue weighted by Crippen LogP contribution is -2.38. The number of carbonyl (C=O) groups is 1. The number of hydrogen-bond donors (Lipinski definition) is 3. The van der Waals surface area contributed by atoms with Gasteiger partial charge in [0.15, 0.2) is 11.5 Å². The number of fused-ring (bicyclic) bond motifs is 3. The van der Waals surface area contributed by atoms with E-state index in [-0.39, 0.29) is 17.8 Å². The average molecular weight is 330 g/mol. The molecule has 2 heterocycles. The number of carbonyl (C=O) groups excluding carboxylic acids is 1. The van der Waals surface area contributed by atoms with Crippen LogP contribution in [-0.2, 0) is 12.8 Å². The summed E-state index contributed by atoms with van der Waals surface area (Å²) in [5, 5.41) is 17.1. The number of phenolic OH excluding ortho intramolecular Hbond substituents is 1. The van der Waals surface area contributed by atoms with E-state index in [1.807, 2.05) is 0 Å². The Morgan fingerprint density at radius 1 is 1.26 bits per heavy atom. The van der Waals surface area contributed by atoms with Crippen LogP contribution in [0, 0.1) is 0 Å². The van der Waals surface area contributed by atoms with Gasteiger partial charge in [0.25, 0.3) is 5.91 Å². The highest BCUT2D eigenvalue weighted by Crippen LogP contribution is 2.42. The zero-order valence-electron chi connectivity index (χ0n) is 12.8. The molecule has 1 aliphatic heterocycles. The molecule has 2 aliphatic rings. The number of hydrogen-bond acceptors (Lipinski definition) is 5. The summed E-state index contributed by atoms with van der Waals surface area (Å²) in [6.45, 7) is 0. The van der Waals surface area contributed by atoms with Crippen LogP contribution in [0.4, 0.5) is 5.00 Å². The SMILES string of the molecule is COc1cc([C@H]2NC(=O)c3c(sc4c3CCCC4)N2)ccc1O. The zero-order valence-corrected chi connectivity index (χ0v) is 13.6. The molecule has 1 aromatic heterocycles. The number of aryl methyl sites for hydroxylation is 1. The minimum atomic E-state index is -0.315. The molecule has 5 nitrogen and oxygen atoms in total. The maximum atomic E-state index is 12.6. The van der Waals surface area contributed by atoms with Crippen LogP contribution in [0.15, 0.2) is 18.2 Å². The topological polar surface area (TPSA) is 70.6 Å². The second kappa shape index (κ2) is 5.45. The summed E-state index contributed by atoms with van der Waals surface area (Å²) in [4.78, 5) is 13.9. The summed E-state index contributed by atoms with van der Waals surface area (Å²) < 4.78 is 5.15. The molecule has 23 heavy (non-hydrogen) atoms. The van der Waals surface area contributed by atoms with Gasteiger partial charge in [-0.05, 0) is 48.9 Å². The summed E-state index contributed by atoms with van der Waals surface area (Å²) in [7, 11) is 1.51. The molecule has 0 spiro atoms. The molecule has 1 aromatic carbocycles. The number of phenols is 1. The third-order valence-electron chi connectivity index (χ3n) is 4.49. The van der Waals surface area contributed by atoms with Gasteiger partial charge >= 0.3 is 0 Å². The molecule has 0 saturated carbocycles. The van der Waals surface area contributed by atoms with Gasteiger partial charge in [0.1, 0.15) is 11.2 Å². The van der Waals surface area contributed by atoms with Crippen LogP contribution in [0.25, 0.3) is 0 Å². The fraction of sp³-hybridized carbons (Fsp3) is 0.353. The molecule has 0 bridgehead atoms. The van der Waals surface area contributed by atoms with Gasteiger partial charge in [-0.25, -0.2) is 0 Å². The maximum absolute atomic E-state index is 12.6. The Hall–Kier alpha value is -2.21. The third kappa shape index (κ3) is 2.34. The van der Waals surface area contributed by atoms with Gasteiger partial charge < -0.3 is 20.5 Å². The molecule has 0 radical (unpaired) electrons. The first-order valence-corrected chi connectivity index (χ1v) is 8.58. The highest BCUT2D eigenvalue weighted by molar-refractivity contribution is 7.16. The van der Waals surface area contributed by atoms with Crippen molar-refractivity contribution in [2.45, 2.75) is 31.8 Å². The van der Waals surface area contributed by atoms with Crippen molar-refractivity contribution in [1.29, 1.82) is 0 Å². The van der Waals surface area contributed by atoms with Gasteiger partial charge in [-0.15, -0.1) is 11.3 Å². The molecule has 0 unspecified atom stereocenters. The summed E-state index contributed by atoms with van der Waals surface area (Å²) in [6, 6.07) is 5.11. The Morgan fingerprint density at radius 3 is 2.91 bits per heavy atom. The molecule has 1 amide bonds. The van der Waals surface area contributed by atoms with Crippen molar-refractivity contribution in [1.82, 2.24) is 5.32 Å². The molecule has 6 heteroatoms. The smallest absolute Gasteiger partial charge is 0.256 e. The monoisotopic (exact) mass is 330 g/mol. The molecule has 1 atom stereocenters. The summed E-state index contributed by atoms with van der Waals surface area (Å²) in [5.74, 6) is 0.468. The van der Waals surface area contributed by atoms with E-state index >= 15 is 0 Å². The van der Waals surface area contributed by atoms with Crippen LogP contribution in [0.1, 0.15) is 45.4 Å². The largest absolute Gasteiger partial charge is 0.504 e. The van der Waals surface area contributed by atoms with Crippen LogP contribution < -0.4 is 15.4 Å². The van der Waals surface area contributed by atoms with Crippen LogP contribution in [0.3, 0.4) is 0 Å². The van der Waals surface area contributed by atoms with E-state index in [4.69, 9.17) is 4.74 Å². The van der Waals surface area contributed by atoms with E-state index in [2.05, 4.69) is 10.6 Å². The van der Waals surface area contributed by atoms with Crippen LogP contribution in [0.2, 0.25) is 0 Å². The van der Waals surface area contributed by atoms with Crippen molar-refractivity contribution >= 4 is 22.2 Å². The number of benzene rings is 1. The zero-order chi connectivity index (χ0) is 16.0. The Labute approximate surface area is 138 Å². The molecule has 0 fully saturated rings. The molecule has 2 aromatic rings. The van der Waals surface area contributed by atoms with E-state index in [1.54, 1.807) is 29.5 Å². The van der Waals surface area contributed by atoms with Gasteiger partial charge in [0, 0.05) is 4.88 Å². The van der Waals surface area contributed by atoms with Crippen LogP contribution in [-0.4, -0.2) is 18.1 Å². The standard InChI is InChI=1S/C17H18N2O3S/c1-22-12-8-9(6-7-11(12)20)15-18-16(21)14-10-4-2-3-5-13(10)23-17(14)19-15/h6-8,15,19-20H,2-5H2,1H3,(H,18,21)/t15-/m0/s1. The summed E-state index contributed by atoms with van der Waals surface area (Å²) >= 11 is 1.70. The number of ether oxygens (including phenoxy) is 1. The lowest BCUT2D eigenvalue weighted by molar-refractivity contribution is 0.0935. The first-order chi connectivity index (χ1) is 11.2. The van der Waals surface area contributed by atoms with Crippen molar-refractivity contribution in [3.8, 4) is 11.5 Å². The molecular formula is C17H18N2O3S. The number of methoxy groups -OCH3 is 1. The fourth-order valence-electron chi connectivity index (χ4n) is 3.32. The van der Waals surface area contributed by atoms with Gasteiger partial charge in [0.05, 0.1) is 12.7 Å². The normalized spacial score (nSPS) is 19.3. The van der Waals surface area contributed by atoms with E-state index in [0.717, 1.165) is 35.4 Å². The van der Waals surface area contributed by atoms with Crippen molar-refractivity contribution in [2.75, 3.05) is 12.4 Å². The third-order valence-corrected chi connectivity index (χ3v) is 5.71. The molecule has 1 aliphatic carbocycles. The number of anilines is 1. The minimum Gasteiger partial charge on any atom is -0.504 e. The predicted molar refractivity (Wildman–Crippen MR) is 89.4 cm³/mol. The van der Waals surface area contributed by atoms with E-state index < -0.39 is 0 Å². The quantitative estimate of drug-likeness (QED) is 0.791. The number of amides is 1. The second-order valence-corrected chi connectivity index (χ2v) is 7.00. The fourth-order valence-corrected chi connectivity index (χ4v) is 4.63. The summed E-state index contributed by atoms with van der Waals surface area (Å²) in [6.07, 6.45) is 4.10. The van der Waals surface area contributed by atoms with Crippen LogP contribution in [0.5, 0.6) is 11.5 Å². The molecule has 120 valence electrons.